The highest BCUT2D eigenvalue weighted by Gasteiger charge is 2.08. The van der Waals surface area contributed by atoms with Gasteiger partial charge < -0.3 is 19.5 Å². The van der Waals surface area contributed by atoms with Crippen molar-refractivity contribution in [1.82, 2.24) is 0 Å². The van der Waals surface area contributed by atoms with Crippen molar-refractivity contribution in [3.8, 4) is 5.75 Å². The number of hydrogen-bond acceptors (Lipinski definition) is 5. The third kappa shape index (κ3) is 6.85. The van der Waals surface area contributed by atoms with Gasteiger partial charge in [-0.25, -0.2) is 4.79 Å². The highest BCUT2D eigenvalue weighted by molar-refractivity contribution is 9.10. The van der Waals surface area contributed by atoms with E-state index in [4.69, 9.17) is 14.2 Å². The van der Waals surface area contributed by atoms with Crippen LogP contribution >= 0.6 is 15.9 Å². The Kier molecular flexibility index (Phi) is 8.11. The van der Waals surface area contributed by atoms with Crippen LogP contribution in [-0.2, 0) is 14.3 Å². The van der Waals surface area contributed by atoms with Gasteiger partial charge in [-0.3, -0.25) is 4.79 Å². The van der Waals surface area contributed by atoms with Crippen molar-refractivity contribution in [3.63, 3.8) is 0 Å². The first-order valence-corrected chi connectivity index (χ1v) is 8.91. The fourth-order valence-electron chi connectivity index (χ4n) is 2.01. The van der Waals surface area contributed by atoms with Crippen LogP contribution in [0.3, 0.4) is 0 Å². The number of carbonyl (C=O) groups is 2. The molecular formula is C19H20BrNO5. The number of anilines is 1. The summed E-state index contributed by atoms with van der Waals surface area (Å²) < 4.78 is 16.5. The van der Waals surface area contributed by atoms with Crippen molar-refractivity contribution < 1.29 is 23.8 Å². The molecule has 0 bridgehead atoms. The number of esters is 1. The van der Waals surface area contributed by atoms with Crippen molar-refractivity contribution in [2.45, 2.75) is 6.92 Å². The zero-order valence-corrected chi connectivity index (χ0v) is 16.0. The maximum absolute atomic E-state index is 11.9. The summed E-state index contributed by atoms with van der Waals surface area (Å²) in [6.45, 7) is 2.92. The van der Waals surface area contributed by atoms with Crippen molar-refractivity contribution in [1.29, 1.82) is 0 Å². The number of nitrogens with one attached hydrogen (secondary N) is 1. The molecule has 0 unspecified atom stereocenters. The molecule has 0 atom stereocenters. The lowest BCUT2D eigenvalue weighted by molar-refractivity contribution is -0.118. The molecule has 0 radical (unpaired) electrons. The molecule has 0 heterocycles. The summed E-state index contributed by atoms with van der Waals surface area (Å²) in [4.78, 5) is 23.8. The molecule has 2 rings (SSSR count). The van der Waals surface area contributed by atoms with E-state index in [-0.39, 0.29) is 19.1 Å². The summed E-state index contributed by atoms with van der Waals surface area (Å²) in [6, 6.07) is 13.7. The molecule has 7 heteroatoms. The molecule has 0 aliphatic rings. The average molecular weight is 422 g/mol. The lowest BCUT2D eigenvalue weighted by Crippen LogP contribution is -2.20. The van der Waals surface area contributed by atoms with E-state index in [9.17, 15) is 9.59 Å². The van der Waals surface area contributed by atoms with Crippen LogP contribution in [0.5, 0.6) is 5.75 Å². The van der Waals surface area contributed by atoms with Gasteiger partial charge in [0.1, 0.15) is 12.4 Å². The molecule has 26 heavy (non-hydrogen) atoms. The van der Waals surface area contributed by atoms with Crippen molar-refractivity contribution >= 4 is 33.5 Å². The van der Waals surface area contributed by atoms with Gasteiger partial charge in [0.05, 0.1) is 12.2 Å². The summed E-state index contributed by atoms with van der Waals surface area (Å²) in [5, 5.41) is 2.71. The van der Waals surface area contributed by atoms with Crippen LogP contribution in [0.4, 0.5) is 5.69 Å². The predicted molar refractivity (Wildman–Crippen MR) is 101 cm³/mol. The smallest absolute Gasteiger partial charge is 0.338 e. The second kappa shape index (κ2) is 10.6. The van der Waals surface area contributed by atoms with Gasteiger partial charge in [0, 0.05) is 16.8 Å². The lowest BCUT2D eigenvalue weighted by Gasteiger charge is -2.09. The van der Waals surface area contributed by atoms with Gasteiger partial charge in [0.15, 0.2) is 6.61 Å². The number of benzene rings is 2. The van der Waals surface area contributed by atoms with Crippen LogP contribution in [0.25, 0.3) is 0 Å². The predicted octanol–water partition coefficient (Wildman–Crippen LogP) is 3.66. The number of ether oxygens (including phenoxy) is 3. The molecule has 2 aromatic rings. The van der Waals surface area contributed by atoms with E-state index >= 15 is 0 Å². The number of amides is 1. The van der Waals surface area contributed by atoms with Crippen molar-refractivity contribution in [2.75, 3.05) is 31.7 Å². The van der Waals surface area contributed by atoms with Crippen LogP contribution < -0.4 is 10.1 Å². The van der Waals surface area contributed by atoms with Gasteiger partial charge in [-0.05, 0) is 49.4 Å². The first-order chi connectivity index (χ1) is 12.6. The van der Waals surface area contributed by atoms with Gasteiger partial charge in [0.2, 0.25) is 0 Å². The molecule has 0 aromatic heterocycles. The molecule has 2 aromatic carbocycles. The molecule has 6 nitrogen and oxygen atoms in total. The topological polar surface area (TPSA) is 73.9 Å². The minimum atomic E-state index is -0.430. The van der Waals surface area contributed by atoms with Crippen LogP contribution in [-0.4, -0.2) is 38.3 Å². The Bertz CT molecular complexity index is 733. The quantitative estimate of drug-likeness (QED) is 0.493. The Hall–Kier alpha value is -2.38. The molecule has 0 spiro atoms. The number of rotatable bonds is 9. The number of halogens is 1. The van der Waals surface area contributed by atoms with Gasteiger partial charge in [0.25, 0.3) is 5.91 Å². The molecule has 1 N–H and O–H groups in total. The maximum Gasteiger partial charge on any atom is 0.338 e. The first kappa shape index (κ1) is 19.9. The first-order valence-electron chi connectivity index (χ1n) is 8.11. The molecular weight excluding hydrogens is 402 g/mol. The average Bonchev–Trinajstić information content (AvgIpc) is 2.64. The van der Waals surface area contributed by atoms with E-state index < -0.39 is 5.97 Å². The zero-order valence-electron chi connectivity index (χ0n) is 14.4. The zero-order chi connectivity index (χ0) is 18.8. The van der Waals surface area contributed by atoms with Gasteiger partial charge in [-0.15, -0.1) is 0 Å². The third-order valence-corrected chi connectivity index (χ3v) is 3.73. The molecule has 138 valence electrons. The van der Waals surface area contributed by atoms with E-state index in [0.29, 0.717) is 30.2 Å². The summed E-state index contributed by atoms with van der Waals surface area (Å²) in [7, 11) is 0. The van der Waals surface area contributed by atoms with E-state index in [2.05, 4.69) is 21.2 Å². The Morgan fingerprint density at radius 2 is 1.85 bits per heavy atom. The molecule has 0 aliphatic carbocycles. The summed E-state index contributed by atoms with van der Waals surface area (Å²) in [6.07, 6.45) is 0. The van der Waals surface area contributed by atoms with Crippen LogP contribution in [0.15, 0.2) is 53.0 Å². The summed E-state index contributed by atoms with van der Waals surface area (Å²) >= 11 is 3.34. The maximum atomic E-state index is 11.9. The second-order valence-electron chi connectivity index (χ2n) is 5.20. The van der Waals surface area contributed by atoms with E-state index in [1.54, 1.807) is 36.4 Å². The standard InChI is InChI=1S/C19H20BrNO5/c1-2-24-10-11-25-19(23)14-6-8-16(9-7-14)21-18(22)13-26-17-5-3-4-15(20)12-17/h3-9,12H,2,10-11,13H2,1H3,(H,21,22). The number of carbonyl (C=O) groups excluding carboxylic acids is 2. The van der Waals surface area contributed by atoms with Gasteiger partial charge >= 0.3 is 5.97 Å². The van der Waals surface area contributed by atoms with Crippen LogP contribution in [0, 0.1) is 0 Å². The minimum absolute atomic E-state index is 0.113. The largest absolute Gasteiger partial charge is 0.484 e. The lowest BCUT2D eigenvalue weighted by atomic mass is 10.2. The Morgan fingerprint density at radius 1 is 1.08 bits per heavy atom. The van der Waals surface area contributed by atoms with E-state index in [1.165, 1.54) is 0 Å². The Labute approximate surface area is 160 Å². The fraction of sp³-hybridized carbons (Fsp3) is 0.263. The Morgan fingerprint density at radius 3 is 2.54 bits per heavy atom. The highest BCUT2D eigenvalue weighted by Crippen LogP contribution is 2.17. The normalized spacial score (nSPS) is 10.2. The van der Waals surface area contributed by atoms with E-state index in [1.807, 2.05) is 19.1 Å². The second-order valence-corrected chi connectivity index (χ2v) is 6.12. The van der Waals surface area contributed by atoms with Gasteiger partial charge in [-0.1, -0.05) is 22.0 Å². The number of hydrogen-bond donors (Lipinski definition) is 1. The fourth-order valence-corrected chi connectivity index (χ4v) is 2.39. The van der Waals surface area contributed by atoms with Crippen LogP contribution in [0.2, 0.25) is 0 Å². The highest BCUT2D eigenvalue weighted by atomic mass is 79.9. The monoisotopic (exact) mass is 421 g/mol. The summed E-state index contributed by atoms with van der Waals surface area (Å²) in [5.41, 5.74) is 0.976. The Balaban J connectivity index is 1.78. The molecule has 1 amide bonds. The van der Waals surface area contributed by atoms with E-state index in [0.717, 1.165) is 4.47 Å². The third-order valence-electron chi connectivity index (χ3n) is 3.24. The molecule has 0 fully saturated rings. The van der Waals surface area contributed by atoms with Crippen molar-refractivity contribution in [2.24, 2.45) is 0 Å². The van der Waals surface area contributed by atoms with Crippen LogP contribution in [0.1, 0.15) is 17.3 Å². The SMILES string of the molecule is CCOCCOC(=O)c1ccc(NC(=O)COc2cccc(Br)c2)cc1. The molecule has 0 aliphatic heterocycles. The van der Waals surface area contributed by atoms with Gasteiger partial charge in [-0.2, -0.15) is 0 Å². The van der Waals surface area contributed by atoms with Crippen molar-refractivity contribution in [3.05, 3.63) is 58.6 Å². The summed E-state index contributed by atoms with van der Waals surface area (Å²) in [5.74, 6) is -0.128. The minimum Gasteiger partial charge on any atom is -0.484 e. The molecule has 0 saturated carbocycles. The molecule has 0 saturated heterocycles.